The predicted molar refractivity (Wildman–Crippen MR) is 150 cm³/mol. The van der Waals surface area contributed by atoms with Crippen molar-refractivity contribution in [3.05, 3.63) is 21.9 Å². The predicted octanol–water partition coefficient (Wildman–Crippen LogP) is 6.95. The van der Waals surface area contributed by atoms with Crippen molar-refractivity contribution >= 4 is 34.6 Å². The normalized spacial score (nSPS) is 38.1. The zero-order valence-corrected chi connectivity index (χ0v) is 24.6. The highest BCUT2D eigenvalue weighted by molar-refractivity contribution is 7.14. The van der Waals surface area contributed by atoms with E-state index in [1.54, 1.807) is 6.92 Å². The lowest BCUT2D eigenvalue weighted by atomic mass is 9.44. The standard InChI is InChI=1S/C32H45NO4S/c1-6-25(28-10-9-27(38-28)19(3)34)33-29(37)15-18(2)22-7-8-23-30-24(12-14-32(22,23)5)31(4)13-11-21(35)16-20(31)17-26(30)36/h9-10,18,20,22-25,30H,6-8,11-17H2,1-5H3,(H,33,37)/t18-,20+,22-,23+,24+,25-,30+,31+,32-/m1/s1. The summed E-state index contributed by atoms with van der Waals surface area (Å²) in [6.45, 7) is 10.7. The quantitative estimate of drug-likeness (QED) is 0.380. The fourth-order valence-electron chi connectivity index (χ4n) is 9.49. The number of carbonyl (C=O) groups excluding carboxylic acids is 4. The van der Waals surface area contributed by atoms with Crippen molar-refractivity contribution in [3.63, 3.8) is 0 Å². The first-order valence-corrected chi connectivity index (χ1v) is 15.7. The Balaban J connectivity index is 1.26. The minimum absolute atomic E-state index is 0.0627. The molecular weight excluding hydrogens is 494 g/mol. The van der Waals surface area contributed by atoms with Crippen LogP contribution in [0.1, 0.15) is 119 Å². The average Bonchev–Trinajstić information content (AvgIpc) is 3.48. The fourth-order valence-corrected chi connectivity index (χ4v) is 10.5. The van der Waals surface area contributed by atoms with Crippen LogP contribution in [0.5, 0.6) is 0 Å². The molecule has 0 radical (unpaired) electrons. The third-order valence-electron chi connectivity index (χ3n) is 11.6. The molecule has 1 amide bonds. The third-order valence-corrected chi connectivity index (χ3v) is 12.9. The first kappa shape index (κ1) is 27.7. The van der Waals surface area contributed by atoms with Crippen LogP contribution in [-0.4, -0.2) is 23.3 Å². The van der Waals surface area contributed by atoms with Gasteiger partial charge in [0, 0.05) is 36.5 Å². The Morgan fingerprint density at radius 1 is 1.05 bits per heavy atom. The van der Waals surface area contributed by atoms with Gasteiger partial charge in [0.05, 0.1) is 10.9 Å². The molecule has 0 unspecified atom stereocenters. The van der Waals surface area contributed by atoms with Crippen LogP contribution in [0.4, 0.5) is 0 Å². The van der Waals surface area contributed by atoms with Crippen LogP contribution in [0.15, 0.2) is 12.1 Å². The highest BCUT2D eigenvalue weighted by Gasteiger charge is 2.63. The van der Waals surface area contributed by atoms with E-state index < -0.39 is 0 Å². The molecule has 0 saturated heterocycles. The van der Waals surface area contributed by atoms with Gasteiger partial charge in [-0.25, -0.2) is 0 Å². The van der Waals surface area contributed by atoms with Crippen molar-refractivity contribution in [1.82, 2.24) is 5.32 Å². The first-order chi connectivity index (χ1) is 18.0. The molecule has 0 aromatic carbocycles. The molecule has 4 fully saturated rings. The zero-order chi connectivity index (χ0) is 27.4. The van der Waals surface area contributed by atoms with Crippen molar-refractivity contribution in [1.29, 1.82) is 0 Å². The number of Topliss-reactive ketones (excluding diaryl/α,β-unsaturated/α-hetero) is 3. The number of carbonyl (C=O) groups is 4. The Morgan fingerprint density at radius 2 is 1.79 bits per heavy atom. The van der Waals surface area contributed by atoms with Crippen LogP contribution in [0.3, 0.4) is 0 Å². The maximum atomic E-state index is 13.6. The summed E-state index contributed by atoms with van der Waals surface area (Å²) >= 11 is 1.48. The molecule has 5 rings (SSSR count). The molecule has 4 saturated carbocycles. The second kappa shape index (κ2) is 10.3. The topological polar surface area (TPSA) is 80.3 Å². The van der Waals surface area contributed by atoms with E-state index in [9.17, 15) is 19.2 Å². The van der Waals surface area contributed by atoms with Crippen LogP contribution in [0.25, 0.3) is 0 Å². The lowest BCUT2D eigenvalue weighted by Gasteiger charge is -2.59. The average molecular weight is 540 g/mol. The molecule has 6 heteroatoms. The van der Waals surface area contributed by atoms with E-state index in [-0.39, 0.29) is 46.3 Å². The molecule has 9 atom stereocenters. The molecule has 1 heterocycles. The SMILES string of the molecule is CC[C@@H](NC(=O)C[C@@H](C)[C@H]1CC[C@H]2[C@@H]3C(=O)C[C@@H]4CC(=O)CC[C@]4(C)[C@H]3CC[C@]12C)c1ccc(C(C)=O)s1. The summed E-state index contributed by atoms with van der Waals surface area (Å²) in [4.78, 5) is 52.5. The maximum Gasteiger partial charge on any atom is 0.220 e. The minimum atomic E-state index is -0.0638. The number of thiophene rings is 1. The van der Waals surface area contributed by atoms with Gasteiger partial charge < -0.3 is 5.32 Å². The van der Waals surface area contributed by atoms with Crippen LogP contribution < -0.4 is 5.32 Å². The number of hydrogen-bond donors (Lipinski definition) is 1. The van der Waals surface area contributed by atoms with Crippen molar-refractivity contribution in [2.75, 3.05) is 0 Å². The summed E-state index contributed by atoms with van der Waals surface area (Å²) < 4.78 is 0. The number of amides is 1. The van der Waals surface area contributed by atoms with Gasteiger partial charge in [0.25, 0.3) is 0 Å². The highest BCUT2D eigenvalue weighted by atomic mass is 32.1. The fraction of sp³-hybridized carbons (Fsp3) is 0.750. The van der Waals surface area contributed by atoms with E-state index in [0.717, 1.165) is 48.3 Å². The van der Waals surface area contributed by atoms with E-state index in [4.69, 9.17) is 0 Å². The zero-order valence-electron chi connectivity index (χ0n) is 23.8. The molecule has 208 valence electrons. The monoisotopic (exact) mass is 539 g/mol. The van der Waals surface area contributed by atoms with Crippen LogP contribution in [-0.2, 0) is 14.4 Å². The Morgan fingerprint density at radius 3 is 2.47 bits per heavy atom. The Bertz CT molecular complexity index is 1120. The molecule has 38 heavy (non-hydrogen) atoms. The van der Waals surface area contributed by atoms with Gasteiger partial charge in [-0.2, -0.15) is 0 Å². The molecule has 4 aliphatic carbocycles. The molecular formula is C32H45NO4S. The van der Waals surface area contributed by atoms with Crippen LogP contribution in [0, 0.1) is 46.3 Å². The van der Waals surface area contributed by atoms with Gasteiger partial charge in [0.2, 0.25) is 5.91 Å². The molecule has 5 nitrogen and oxygen atoms in total. The lowest BCUT2D eigenvalue weighted by Crippen LogP contribution is -2.57. The summed E-state index contributed by atoms with van der Waals surface area (Å²) in [5, 5.41) is 3.24. The summed E-state index contributed by atoms with van der Waals surface area (Å²) in [5.41, 5.74) is 0.217. The number of nitrogens with one attached hydrogen (secondary N) is 1. The van der Waals surface area contributed by atoms with E-state index in [1.807, 2.05) is 12.1 Å². The molecule has 1 aromatic heterocycles. The van der Waals surface area contributed by atoms with Gasteiger partial charge in [0.1, 0.15) is 11.6 Å². The molecule has 1 aromatic rings. The van der Waals surface area contributed by atoms with Gasteiger partial charge in [-0.15, -0.1) is 11.3 Å². The van der Waals surface area contributed by atoms with Crippen LogP contribution in [0.2, 0.25) is 0 Å². The summed E-state index contributed by atoms with van der Waals surface area (Å²) in [5.74, 6) is 2.79. The van der Waals surface area contributed by atoms with E-state index in [0.29, 0.717) is 55.0 Å². The van der Waals surface area contributed by atoms with Gasteiger partial charge >= 0.3 is 0 Å². The number of hydrogen-bond acceptors (Lipinski definition) is 5. The molecule has 4 aliphatic rings. The molecule has 1 N–H and O–H groups in total. The minimum Gasteiger partial charge on any atom is -0.348 e. The third kappa shape index (κ3) is 4.63. The van der Waals surface area contributed by atoms with Crippen molar-refractivity contribution in [2.45, 2.75) is 105 Å². The summed E-state index contributed by atoms with van der Waals surface area (Å²) in [6.07, 6.45) is 8.49. The van der Waals surface area contributed by atoms with Gasteiger partial charge in [-0.3, -0.25) is 19.2 Å². The summed E-state index contributed by atoms with van der Waals surface area (Å²) in [6, 6.07) is 3.76. The van der Waals surface area contributed by atoms with Gasteiger partial charge in [-0.05, 0) is 98.0 Å². The van der Waals surface area contributed by atoms with Gasteiger partial charge in [-0.1, -0.05) is 27.7 Å². The van der Waals surface area contributed by atoms with Crippen LogP contribution >= 0.6 is 11.3 Å². The molecule has 0 spiro atoms. The number of fused-ring (bicyclic) bond motifs is 5. The van der Waals surface area contributed by atoms with E-state index >= 15 is 0 Å². The summed E-state index contributed by atoms with van der Waals surface area (Å²) in [7, 11) is 0. The van der Waals surface area contributed by atoms with E-state index in [2.05, 4.69) is 33.0 Å². The van der Waals surface area contributed by atoms with E-state index in [1.165, 1.54) is 11.3 Å². The number of rotatable bonds is 7. The smallest absolute Gasteiger partial charge is 0.220 e. The lowest BCUT2D eigenvalue weighted by molar-refractivity contribution is -0.159. The van der Waals surface area contributed by atoms with Gasteiger partial charge in [0.15, 0.2) is 5.78 Å². The van der Waals surface area contributed by atoms with Crippen molar-refractivity contribution < 1.29 is 19.2 Å². The molecule has 0 aliphatic heterocycles. The Labute approximate surface area is 231 Å². The first-order valence-electron chi connectivity index (χ1n) is 14.9. The second-order valence-corrected chi connectivity index (χ2v) is 14.7. The largest absolute Gasteiger partial charge is 0.348 e. The van der Waals surface area contributed by atoms with Crippen molar-refractivity contribution in [3.8, 4) is 0 Å². The van der Waals surface area contributed by atoms with Crippen molar-refractivity contribution in [2.24, 2.45) is 46.3 Å². The second-order valence-electron chi connectivity index (χ2n) is 13.6. The maximum absolute atomic E-state index is 13.6. The Kier molecular flexibility index (Phi) is 7.52. The number of ketones is 3. The highest BCUT2D eigenvalue weighted by Crippen LogP contribution is 2.67. The molecule has 0 bridgehead atoms. The Hall–Kier alpha value is -1.82.